The number of aromatic nitrogens is 1. The van der Waals surface area contributed by atoms with E-state index < -0.39 is 0 Å². The molecule has 3 rings (SSSR count). The van der Waals surface area contributed by atoms with Gasteiger partial charge in [0, 0.05) is 5.56 Å². The summed E-state index contributed by atoms with van der Waals surface area (Å²) in [6, 6.07) is 10.3. The number of quaternary nitrogens is 1. The number of nitrogens with zero attached hydrogens (tertiary/aromatic N) is 2. The Bertz CT molecular complexity index is 981. The summed E-state index contributed by atoms with van der Waals surface area (Å²) < 4.78 is 14.3. The first-order valence-electron chi connectivity index (χ1n) is 9.71. The van der Waals surface area contributed by atoms with Crippen molar-refractivity contribution in [2.45, 2.75) is 27.7 Å². The maximum Gasteiger partial charge on any atom is 0.260 e. The first kappa shape index (κ1) is 20.4. The topological polar surface area (TPSA) is 37.6 Å². The molecule has 2 aromatic carbocycles. The van der Waals surface area contributed by atoms with Crippen molar-refractivity contribution in [1.29, 1.82) is 0 Å². The standard InChI is InChI=1S/C22H26FN3OS/c1-5-25(6-2)11-12-26(21(27)17-8-7-15(3)16(4)13-17)22-24-19-10-9-18(23)14-20(19)28-22/h7-10,13-14H,5-6,11-12H2,1-4H3/p+1. The third kappa shape index (κ3) is 4.39. The summed E-state index contributed by atoms with van der Waals surface area (Å²) in [4.78, 5) is 21.1. The molecule has 6 heteroatoms. The molecule has 3 aromatic rings. The molecule has 148 valence electrons. The molecule has 0 radical (unpaired) electrons. The Kier molecular flexibility index (Phi) is 6.42. The number of likely N-dealkylation sites (N-methyl/N-ethyl adjacent to an activating group) is 1. The van der Waals surface area contributed by atoms with E-state index in [0.717, 1.165) is 41.0 Å². The Balaban J connectivity index is 1.97. The molecule has 0 aliphatic heterocycles. The molecule has 0 spiro atoms. The zero-order valence-corrected chi connectivity index (χ0v) is 17.7. The van der Waals surface area contributed by atoms with Crippen LogP contribution in [0.5, 0.6) is 0 Å². The third-order valence-electron chi connectivity index (χ3n) is 5.26. The van der Waals surface area contributed by atoms with Crippen LogP contribution in [-0.4, -0.2) is 37.1 Å². The van der Waals surface area contributed by atoms with Gasteiger partial charge in [0.2, 0.25) is 0 Å². The summed E-state index contributed by atoms with van der Waals surface area (Å²) in [7, 11) is 0. The molecule has 1 aromatic heterocycles. The number of fused-ring (bicyclic) bond motifs is 1. The number of anilines is 1. The smallest absolute Gasteiger partial charge is 0.260 e. The van der Waals surface area contributed by atoms with E-state index in [1.807, 2.05) is 32.0 Å². The van der Waals surface area contributed by atoms with Gasteiger partial charge < -0.3 is 4.90 Å². The van der Waals surface area contributed by atoms with Gasteiger partial charge in [-0.25, -0.2) is 9.37 Å². The van der Waals surface area contributed by atoms with Gasteiger partial charge >= 0.3 is 0 Å². The highest BCUT2D eigenvalue weighted by molar-refractivity contribution is 7.22. The maximum absolute atomic E-state index is 13.6. The number of nitrogens with one attached hydrogen (secondary N) is 1. The van der Waals surface area contributed by atoms with Crippen molar-refractivity contribution in [3.8, 4) is 0 Å². The van der Waals surface area contributed by atoms with Gasteiger partial charge in [0.15, 0.2) is 5.13 Å². The van der Waals surface area contributed by atoms with Crippen molar-refractivity contribution in [2.75, 3.05) is 31.1 Å². The molecule has 0 unspecified atom stereocenters. The lowest BCUT2D eigenvalue weighted by atomic mass is 10.1. The Morgan fingerprint density at radius 1 is 1.11 bits per heavy atom. The predicted octanol–water partition coefficient (Wildman–Crippen LogP) is 3.62. The summed E-state index contributed by atoms with van der Waals surface area (Å²) >= 11 is 1.36. The van der Waals surface area contributed by atoms with Crippen LogP contribution in [0.4, 0.5) is 9.52 Å². The minimum absolute atomic E-state index is 0.0609. The molecule has 1 N–H and O–H groups in total. The second-order valence-electron chi connectivity index (χ2n) is 7.07. The summed E-state index contributed by atoms with van der Waals surface area (Å²) in [6.45, 7) is 11.8. The number of rotatable bonds is 7. The molecule has 0 atom stereocenters. The Hall–Kier alpha value is -2.31. The lowest BCUT2D eigenvalue weighted by molar-refractivity contribution is -0.894. The number of benzene rings is 2. The fourth-order valence-corrected chi connectivity index (χ4v) is 4.20. The van der Waals surface area contributed by atoms with Crippen molar-refractivity contribution in [3.63, 3.8) is 0 Å². The average molecular weight is 401 g/mol. The highest BCUT2D eigenvalue weighted by Crippen LogP contribution is 2.30. The van der Waals surface area contributed by atoms with E-state index in [9.17, 15) is 9.18 Å². The zero-order valence-electron chi connectivity index (χ0n) is 16.9. The van der Waals surface area contributed by atoms with Crippen LogP contribution in [0.15, 0.2) is 36.4 Å². The van der Waals surface area contributed by atoms with E-state index in [1.54, 1.807) is 11.0 Å². The molecular weight excluding hydrogens is 373 g/mol. The number of carbonyl (C=O) groups excluding carboxylic acids is 1. The van der Waals surface area contributed by atoms with E-state index in [0.29, 0.717) is 17.2 Å². The first-order valence-corrected chi connectivity index (χ1v) is 10.5. The molecule has 28 heavy (non-hydrogen) atoms. The molecule has 4 nitrogen and oxygen atoms in total. The number of halogens is 1. The van der Waals surface area contributed by atoms with E-state index in [1.165, 1.54) is 28.4 Å². The van der Waals surface area contributed by atoms with Crippen LogP contribution >= 0.6 is 11.3 Å². The molecular formula is C22H27FN3OS+. The second-order valence-corrected chi connectivity index (χ2v) is 8.08. The minimum atomic E-state index is -0.290. The Morgan fingerprint density at radius 3 is 2.54 bits per heavy atom. The largest absolute Gasteiger partial charge is 0.334 e. The highest BCUT2D eigenvalue weighted by Gasteiger charge is 2.23. The van der Waals surface area contributed by atoms with Crippen LogP contribution in [0, 0.1) is 19.7 Å². The lowest BCUT2D eigenvalue weighted by Gasteiger charge is -2.23. The lowest BCUT2D eigenvalue weighted by Crippen LogP contribution is -3.12. The number of carbonyl (C=O) groups is 1. The minimum Gasteiger partial charge on any atom is -0.334 e. The van der Waals surface area contributed by atoms with Gasteiger partial charge in [0.1, 0.15) is 5.82 Å². The van der Waals surface area contributed by atoms with Gasteiger partial charge in [0.05, 0.1) is 36.4 Å². The first-order chi connectivity index (χ1) is 13.4. The average Bonchev–Trinajstić information content (AvgIpc) is 3.09. The SMILES string of the molecule is CC[NH+](CC)CCN(C(=O)c1ccc(C)c(C)c1)c1nc2ccc(F)cc2s1. The molecule has 1 heterocycles. The van der Waals surface area contributed by atoms with Crippen molar-refractivity contribution in [1.82, 2.24) is 4.98 Å². The van der Waals surface area contributed by atoms with Crippen molar-refractivity contribution in [3.05, 3.63) is 58.9 Å². The zero-order chi connectivity index (χ0) is 20.3. The quantitative estimate of drug-likeness (QED) is 0.658. The molecule has 1 amide bonds. The second kappa shape index (κ2) is 8.80. The molecule has 0 saturated carbocycles. The van der Waals surface area contributed by atoms with Crippen LogP contribution < -0.4 is 9.80 Å². The number of hydrogen-bond donors (Lipinski definition) is 1. The van der Waals surface area contributed by atoms with Crippen LogP contribution in [0.1, 0.15) is 35.3 Å². The summed E-state index contributed by atoms with van der Waals surface area (Å²) in [6.07, 6.45) is 0. The predicted molar refractivity (Wildman–Crippen MR) is 114 cm³/mol. The Morgan fingerprint density at radius 2 is 1.86 bits per heavy atom. The number of aryl methyl sites for hydroxylation is 2. The molecule has 0 fully saturated rings. The molecule has 0 aliphatic carbocycles. The number of amides is 1. The van der Waals surface area contributed by atoms with E-state index in [4.69, 9.17) is 0 Å². The fourth-order valence-electron chi connectivity index (χ4n) is 3.19. The summed E-state index contributed by atoms with van der Waals surface area (Å²) in [5, 5.41) is 0.621. The normalized spacial score (nSPS) is 11.4. The summed E-state index contributed by atoms with van der Waals surface area (Å²) in [5.74, 6) is -0.350. The maximum atomic E-state index is 13.6. The van der Waals surface area contributed by atoms with Crippen molar-refractivity contribution < 1.29 is 14.1 Å². The van der Waals surface area contributed by atoms with Crippen LogP contribution in [-0.2, 0) is 0 Å². The van der Waals surface area contributed by atoms with Gasteiger partial charge in [-0.1, -0.05) is 17.4 Å². The number of thiazole rings is 1. The van der Waals surface area contributed by atoms with E-state index >= 15 is 0 Å². The van der Waals surface area contributed by atoms with Gasteiger partial charge in [0.25, 0.3) is 5.91 Å². The van der Waals surface area contributed by atoms with Crippen LogP contribution in [0.25, 0.3) is 10.2 Å². The number of hydrogen-bond acceptors (Lipinski definition) is 3. The third-order valence-corrected chi connectivity index (χ3v) is 6.30. The van der Waals surface area contributed by atoms with Gasteiger partial charge in [-0.05, 0) is 69.2 Å². The van der Waals surface area contributed by atoms with Gasteiger partial charge in [-0.2, -0.15) is 0 Å². The molecule has 0 aliphatic rings. The van der Waals surface area contributed by atoms with Gasteiger partial charge in [-0.3, -0.25) is 9.69 Å². The highest BCUT2D eigenvalue weighted by atomic mass is 32.1. The Labute approximate surface area is 169 Å². The summed E-state index contributed by atoms with van der Waals surface area (Å²) in [5.41, 5.74) is 3.62. The van der Waals surface area contributed by atoms with E-state index in [2.05, 4.69) is 18.8 Å². The van der Waals surface area contributed by atoms with Crippen molar-refractivity contribution >= 4 is 32.6 Å². The molecule has 0 bridgehead atoms. The van der Waals surface area contributed by atoms with Crippen molar-refractivity contribution in [2.24, 2.45) is 0 Å². The monoisotopic (exact) mass is 400 g/mol. The van der Waals surface area contributed by atoms with Crippen LogP contribution in [0.3, 0.4) is 0 Å². The molecule has 0 saturated heterocycles. The van der Waals surface area contributed by atoms with E-state index in [-0.39, 0.29) is 11.7 Å². The fraction of sp³-hybridized carbons (Fsp3) is 0.364. The van der Waals surface area contributed by atoms with Gasteiger partial charge in [-0.15, -0.1) is 0 Å². The van der Waals surface area contributed by atoms with Crippen LogP contribution in [0.2, 0.25) is 0 Å².